The van der Waals surface area contributed by atoms with E-state index in [4.69, 9.17) is 0 Å². The second-order valence-electron chi connectivity index (χ2n) is 7.38. The van der Waals surface area contributed by atoms with Crippen molar-refractivity contribution < 1.29 is 17.6 Å². The van der Waals surface area contributed by atoms with Crippen LogP contribution in [0.15, 0.2) is 77.7 Å². The minimum absolute atomic E-state index is 0.107. The number of amides is 1. The zero-order valence-corrected chi connectivity index (χ0v) is 18.5. The summed E-state index contributed by atoms with van der Waals surface area (Å²) in [6, 6.07) is 18.8. The van der Waals surface area contributed by atoms with Crippen LogP contribution in [0, 0.1) is 19.7 Å². The van der Waals surface area contributed by atoms with E-state index in [1.807, 2.05) is 19.9 Å². The van der Waals surface area contributed by atoms with E-state index in [9.17, 15) is 17.6 Å². The monoisotopic (exact) mass is 440 g/mol. The zero-order valence-electron chi connectivity index (χ0n) is 17.7. The van der Waals surface area contributed by atoms with E-state index in [0.717, 1.165) is 21.0 Å². The van der Waals surface area contributed by atoms with E-state index >= 15 is 0 Å². The van der Waals surface area contributed by atoms with E-state index in [0.29, 0.717) is 5.69 Å². The van der Waals surface area contributed by atoms with E-state index in [2.05, 4.69) is 5.32 Å². The lowest BCUT2D eigenvalue weighted by molar-refractivity contribution is -0.120. The van der Waals surface area contributed by atoms with Crippen molar-refractivity contribution in [1.82, 2.24) is 5.32 Å². The van der Waals surface area contributed by atoms with Gasteiger partial charge < -0.3 is 5.32 Å². The number of hydrogen-bond donors (Lipinski definition) is 1. The molecular weight excluding hydrogens is 415 g/mol. The largest absolute Gasteiger partial charge is 0.348 e. The fourth-order valence-electron chi connectivity index (χ4n) is 3.28. The molecule has 0 spiro atoms. The first kappa shape index (κ1) is 22.5. The van der Waals surface area contributed by atoms with Crippen LogP contribution in [0.1, 0.15) is 29.7 Å². The number of nitrogens with one attached hydrogen (secondary N) is 1. The molecule has 0 heterocycles. The molecule has 0 radical (unpaired) electrons. The van der Waals surface area contributed by atoms with Gasteiger partial charge in [-0.2, -0.15) is 0 Å². The van der Waals surface area contributed by atoms with Gasteiger partial charge in [0.1, 0.15) is 12.4 Å². The number of sulfonamides is 1. The summed E-state index contributed by atoms with van der Waals surface area (Å²) >= 11 is 0. The number of carbonyl (C=O) groups is 1. The summed E-state index contributed by atoms with van der Waals surface area (Å²) in [5.74, 6) is -0.824. The molecule has 0 aliphatic carbocycles. The molecule has 31 heavy (non-hydrogen) atoms. The average molecular weight is 441 g/mol. The maximum absolute atomic E-state index is 13.4. The van der Waals surface area contributed by atoms with Gasteiger partial charge in [0.15, 0.2) is 0 Å². The van der Waals surface area contributed by atoms with Gasteiger partial charge >= 0.3 is 0 Å². The first-order valence-corrected chi connectivity index (χ1v) is 11.3. The van der Waals surface area contributed by atoms with Gasteiger partial charge in [-0.15, -0.1) is 0 Å². The van der Waals surface area contributed by atoms with Crippen LogP contribution in [0.2, 0.25) is 0 Å². The minimum Gasteiger partial charge on any atom is -0.348 e. The second-order valence-corrected chi connectivity index (χ2v) is 9.25. The Morgan fingerprint density at radius 1 is 0.968 bits per heavy atom. The van der Waals surface area contributed by atoms with Gasteiger partial charge in [-0.25, -0.2) is 12.8 Å². The third-order valence-electron chi connectivity index (χ3n) is 5.21. The van der Waals surface area contributed by atoms with Crippen molar-refractivity contribution in [3.63, 3.8) is 0 Å². The van der Waals surface area contributed by atoms with Crippen LogP contribution >= 0.6 is 0 Å². The number of carbonyl (C=O) groups excluding carboxylic acids is 1. The predicted octanol–water partition coefficient (Wildman–Crippen LogP) is 4.52. The van der Waals surface area contributed by atoms with Crippen molar-refractivity contribution >= 4 is 21.6 Å². The van der Waals surface area contributed by atoms with Gasteiger partial charge in [-0.05, 0) is 67.8 Å². The number of anilines is 1. The number of aryl methyl sites for hydroxylation is 1. The van der Waals surface area contributed by atoms with Gasteiger partial charge in [0, 0.05) is 0 Å². The second kappa shape index (κ2) is 9.31. The molecule has 5 nitrogen and oxygen atoms in total. The molecule has 0 unspecified atom stereocenters. The molecule has 7 heteroatoms. The quantitative estimate of drug-likeness (QED) is 0.588. The Kier molecular flexibility index (Phi) is 6.75. The molecule has 0 saturated carbocycles. The Labute approximate surface area is 182 Å². The molecule has 1 atom stereocenters. The van der Waals surface area contributed by atoms with Crippen molar-refractivity contribution in [3.8, 4) is 0 Å². The molecular formula is C24H25FN2O3S. The van der Waals surface area contributed by atoms with Crippen molar-refractivity contribution in [1.29, 1.82) is 0 Å². The first-order valence-electron chi connectivity index (χ1n) is 9.89. The van der Waals surface area contributed by atoms with E-state index < -0.39 is 22.0 Å². The molecule has 3 aromatic rings. The van der Waals surface area contributed by atoms with Gasteiger partial charge in [-0.1, -0.05) is 42.5 Å². The van der Waals surface area contributed by atoms with Crippen LogP contribution in [-0.2, 0) is 14.8 Å². The molecule has 0 aliphatic heterocycles. The first-order chi connectivity index (χ1) is 14.7. The third-order valence-corrected chi connectivity index (χ3v) is 6.98. The molecule has 0 aliphatic rings. The lowest BCUT2D eigenvalue weighted by atomic mass is 10.1. The lowest BCUT2D eigenvalue weighted by Crippen LogP contribution is -2.42. The molecule has 0 fully saturated rings. The van der Waals surface area contributed by atoms with Crippen molar-refractivity contribution in [2.45, 2.75) is 31.7 Å². The maximum atomic E-state index is 13.4. The van der Waals surface area contributed by atoms with Crippen LogP contribution in [0.25, 0.3) is 0 Å². The Morgan fingerprint density at radius 2 is 1.61 bits per heavy atom. The van der Waals surface area contributed by atoms with Crippen LogP contribution < -0.4 is 9.62 Å². The van der Waals surface area contributed by atoms with Crippen molar-refractivity contribution in [3.05, 3.63) is 95.3 Å². The number of nitrogens with zero attached hydrogens (tertiary/aromatic N) is 1. The van der Waals surface area contributed by atoms with Crippen LogP contribution in [0.5, 0.6) is 0 Å². The molecule has 1 N–H and O–H groups in total. The van der Waals surface area contributed by atoms with Crippen molar-refractivity contribution in [2.24, 2.45) is 0 Å². The molecule has 162 valence electrons. The summed E-state index contributed by atoms with van der Waals surface area (Å²) < 4.78 is 41.2. The Hall–Kier alpha value is -3.19. The van der Waals surface area contributed by atoms with Crippen LogP contribution in [-0.4, -0.2) is 20.9 Å². The smallest absolute Gasteiger partial charge is 0.264 e. The van der Waals surface area contributed by atoms with Gasteiger partial charge in [0.05, 0.1) is 16.6 Å². The molecule has 3 aromatic carbocycles. The SMILES string of the molecule is Cc1cccc(N(CC(=O)N[C@@H](C)c2ccc(F)cc2)S(=O)(=O)c2ccccc2)c1C. The average Bonchev–Trinajstić information content (AvgIpc) is 2.75. The zero-order chi connectivity index (χ0) is 22.6. The predicted molar refractivity (Wildman–Crippen MR) is 120 cm³/mol. The third kappa shape index (κ3) is 5.11. The van der Waals surface area contributed by atoms with E-state index in [-0.39, 0.29) is 17.3 Å². The highest BCUT2D eigenvalue weighted by Crippen LogP contribution is 2.28. The van der Waals surface area contributed by atoms with Crippen LogP contribution in [0.4, 0.5) is 10.1 Å². The van der Waals surface area contributed by atoms with Crippen LogP contribution in [0.3, 0.4) is 0 Å². The summed E-state index contributed by atoms with van der Waals surface area (Å²) in [6.07, 6.45) is 0. The normalized spacial score (nSPS) is 12.3. The lowest BCUT2D eigenvalue weighted by Gasteiger charge is -2.27. The Bertz CT molecular complexity index is 1160. The fraction of sp³-hybridized carbons (Fsp3) is 0.208. The summed E-state index contributed by atoms with van der Waals surface area (Å²) in [7, 11) is -3.97. The number of rotatable bonds is 7. The highest BCUT2D eigenvalue weighted by atomic mass is 32.2. The molecule has 1 amide bonds. The van der Waals surface area contributed by atoms with E-state index in [1.54, 1.807) is 49.4 Å². The summed E-state index contributed by atoms with van der Waals surface area (Å²) in [5.41, 5.74) is 2.87. The highest BCUT2D eigenvalue weighted by Gasteiger charge is 2.28. The van der Waals surface area contributed by atoms with Crippen molar-refractivity contribution in [2.75, 3.05) is 10.8 Å². The molecule has 0 aromatic heterocycles. The minimum atomic E-state index is -3.97. The molecule has 0 saturated heterocycles. The summed E-state index contributed by atoms with van der Waals surface area (Å²) in [4.78, 5) is 13.0. The topological polar surface area (TPSA) is 66.5 Å². The Morgan fingerprint density at radius 3 is 2.26 bits per heavy atom. The maximum Gasteiger partial charge on any atom is 0.264 e. The fourth-order valence-corrected chi connectivity index (χ4v) is 4.78. The Balaban J connectivity index is 1.92. The highest BCUT2D eigenvalue weighted by molar-refractivity contribution is 7.92. The molecule has 0 bridgehead atoms. The molecule has 3 rings (SSSR count). The summed E-state index contributed by atoms with van der Waals surface area (Å²) in [5, 5.41) is 2.81. The number of hydrogen-bond acceptors (Lipinski definition) is 3. The van der Waals surface area contributed by atoms with E-state index in [1.165, 1.54) is 24.3 Å². The number of benzene rings is 3. The van der Waals surface area contributed by atoms with Gasteiger partial charge in [0.2, 0.25) is 5.91 Å². The van der Waals surface area contributed by atoms with Gasteiger partial charge in [0.25, 0.3) is 10.0 Å². The number of halogens is 1. The summed E-state index contributed by atoms with van der Waals surface area (Å²) in [6.45, 7) is 5.10. The standard InChI is InChI=1S/C24H25FN2O3S/c1-17-8-7-11-23(18(17)2)27(31(29,30)22-9-5-4-6-10-22)16-24(28)26-19(3)20-12-14-21(25)15-13-20/h4-15,19H,16H2,1-3H3,(H,26,28)/t19-/m0/s1. The van der Waals surface area contributed by atoms with Gasteiger partial charge in [-0.3, -0.25) is 9.10 Å².